The second-order valence-electron chi connectivity index (χ2n) is 5.60. The van der Waals surface area contributed by atoms with Crippen LogP contribution in [0.15, 0.2) is 36.4 Å². The van der Waals surface area contributed by atoms with Crippen molar-refractivity contribution in [2.45, 2.75) is 20.8 Å². The lowest BCUT2D eigenvalue weighted by Crippen LogP contribution is -2.22. The van der Waals surface area contributed by atoms with Crippen LogP contribution in [0, 0.1) is 13.8 Å². The summed E-state index contributed by atoms with van der Waals surface area (Å²) in [5.41, 5.74) is 4.00. The van der Waals surface area contributed by atoms with E-state index < -0.39 is 0 Å². The third-order valence-corrected chi connectivity index (χ3v) is 3.63. The second-order valence-corrected chi connectivity index (χ2v) is 6.01. The van der Waals surface area contributed by atoms with Crippen LogP contribution in [0.2, 0.25) is 5.02 Å². The molecule has 0 unspecified atom stereocenters. The van der Waals surface area contributed by atoms with Crippen molar-refractivity contribution in [3.05, 3.63) is 52.5 Å². The van der Waals surface area contributed by atoms with Crippen LogP contribution in [0.5, 0.6) is 0 Å². The summed E-state index contributed by atoms with van der Waals surface area (Å²) in [6, 6.07) is 10.9. The summed E-state index contributed by atoms with van der Waals surface area (Å²) >= 11 is 6.19. The fraction of sp³-hybridized carbons (Fsp3) is 0.222. The molecule has 24 heavy (non-hydrogen) atoms. The van der Waals surface area contributed by atoms with E-state index in [0.717, 1.165) is 16.8 Å². The first kappa shape index (κ1) is 17.8. The van der Waals surface area contributed by atoms with Crippen LogP contribution in [0.25, 0.3) is 0 Å². The summed E-state index contributed by atoms with van der Waals surface area (Å²) < 4.78 is 0. The van der Waals surface area contributed by atoms with Crippen LogP contribution >= 0.6 is 11.6 Å². The zero-order chi connectivity index (χ0) is 17.7. The van der Waals surface area contributed by atoms with Gasteiger partial charge in [-0.2, -0.15) is 0 Å². The number of carbonyl (C=O) groups is 2. The number of benzene rings is 2. The minimum atomic E-state index is -0.200. The molecular formula is C18H20ClN3O2. The first-order valence-corrected chi connectivity index (χ1v) is 7.91. The van der Waals surface area contributed by atoms with Crippen LogP contribution in [0.1, 0.15) is 18.1 Å². The molecular weight excluding hydrogens is 326 g/mol. The average molecular weight is 346 g/mol. The van der Waals surface area contributed by atoms with Gasteiger partial charge in [0.15, 0.2) is 0 Å². The Morgan fingerprint density at radius 3 is 2.42 bits per heavy atom. The highest BCUT2D eigenvalue weighted by Crippen LogP contribution is 2.27. The average Bonchev–Trinajstić information content (AvgIpc) is 2.48. The number of hydrogen-bond acceptors (Lipinski definition) is 3. The van der Waals surface area contributed by atoms with Crippen molar-refractivity contribution < 1.29 is 9.59 Å². The Morgan fingerprint density at radius 2 is 1.75 bits per heavy atom. The van der Waals surface area contributed by atoms with E-state index in [-0.39, 0.29) is 18.4 Å². The van der Waals surface area contributed by atoms with E-state index >= 15 is 0 Å². The van der Waals surface area contributed by atoms with Gasteiger partial charge in [0.25, 0.3) is 0 Å². The summed E-state index contributed by atoms with van der Waals surface area (Å²) in [6.07, 6.45) is 0. The van der Waals surface area contributed by atoms with Gasteiger partial charge < -0.3 is 16.0 Å². The van der Waals surface area contributed by atoms with Crippen LogP contribution < -0.4 is 16.0 Å². The molecule has 0 atom stereocenters. The van der Waals surface area contributed by atoms with Crippen LogP contribution in [0.3, 0.4) is 0 Å². The molecule has 0 fully saturated rings. The third kappa shape index (κ3) is 4.99. The van der Waals surface area contributed by atoms with Crippen molar-refractivity contribution >= 4 is 40.5 Å². The molecule has 0 aliphatic carbocycles. The largest absolute Gasteiger partial charge is 0.376 e. The maximum atomic E-state index is 12.1. The van der Waals surface area contributed by atoms with Crippen LogP contribution in [-0.4, -0.2) is 18.4 Å². The van der Waals surface area contributed by atoms with Crippen LogP contribution in [-0.2, 0) is 9.59 Å². The molecule has 3 N–H and O–H groups in total. The van der Waals surface area contributed by atoms with Gasteiger partial charge in [-0.25, -0.2) is 0 Å². The smallest absolute Gasteiger partial charge is 0.243 e. The van der Waals surface area contributed by atoms with Crippen molar-refractivity contribution in [1.82, 2.24) is 0 Å². The summed E-state index contributed by atoms with van der Waals surface area (Å²) in [5, 5.41) is 9.06. The van der Waals surface area contributed by atoms with Gasteiger partial charge in [-0.3, -0.25) is 9.59 Å². The molecule has 0 heterocycles. The lowest BCUT2D eigenvalue weighted by Gasteiger charge is -2.13. The Morgan fingerprint density at radius 1 is 1.04 bits per heavy atom. The molecule has 0 aliphatic rings. The Bertz CT molecular complexity index is 752. The minimum Gasteiger partial charge on any atom is -0.376 e. The molecule has 2 aromatic carbocycles. The van der Waals surface area contributed by atoms with E-state index in [9.17, 15) is 9.59 Å². The first-order chi connectivity index (χ1) is 11.3. The molecule has 126 valence electrons. The topological polar surface area (TPSA) is 70.2 Å². The molecule has 5 nitrogen and oxygen atoms in total. The summed E-state index contributed by atoms with van der Waals surface area (Å²) in [5.74, 6) is -0.344. The number of halogens is 1. The number of anilines is 3. The van der Waals surface area contributed by atoms with E-state index in [0.29, 0.717) is 16.4 Å². The highest BCUT2D eigenvalue weighted by Gasteiger charge is 2.09. The van der Waals surface area contributed by atoms with Gasteiger partial charge in [-0.05, 0) is 49.2 Å². The highest BCUT2D eigenvalue weighted by molar-refractivity contribution is 6.34. The molecule has 0 radical (unpaired) electrons. The quantitative estimate of drug-likeness (QED) is 0.768. The Kier molecular flexibility index (Phi) is 5.82. The molecule has 0 aliphatic heterocycles. The van der Waals surface area contributed by atoms with Gasteiger partial charge in [-0.1, -0.05) is 23.7 Å². The maximum absolute atomic E-state index is 12.1. The molecule has 0 aromatic heterocycles. The predicted octanol–water partition coefficient (Wildman–Crippen LogP) is 3.97. The predicted molar refractivity (Wildman–Crippen MR) is 98.8 cm³/mol. The van der Waals surface area contributed by atoms with Crippen LogP contribution in [0.4, 0.5) is 17.1 Å². The minimum absolute atomic E-state index is 0.0904. The molecule has 0 spiro atoms. The lowest BCUT2D eigenvalue weighted by molar-refractivity contribution is -0.115. The molecule has 2 aromatic rings. The van der Waals surface area contributed by atoms with E-state index in [1.807, 2.05) is 32.0 Å². The molecule has 2 amide bonds. The lowest BCUT2D eigenvalue weighted by atomic mass is 10.1. The van der Waals surface area contributed by atoms with E-state index in [4.69, 9.17) is 11.6 Å². The number of rotatable bonds is 5. The fourth-order valence-corrected chi connectivity index (χ4v) is 2.72. The fourth-order valence-electron chi connectivity index (χ4n) is 2.35. The van der Waals surface area contributed by atoms with Gasteiger partial charge in [0.2, 0.25) is 11.8 Å². The van der Waals surface area contributed by atoms with E-state index in [2.05, 4.69) is 16.0 Å². The Balaban J connectivity index is 1.98. The van der Waals surface area contributed by atoms with Gasteiger partial charge in [0, 0.05) is 18.3 Å². The van der Waals surface area contributed by atoms with Gasteiger partial charge in [0.05, 0.1) is 17.3 Å². The van der Waals surface area contributed by atoms with Crippen molar-refractivity contribution in [3.63, 3.8) is 0 Å². The molecule has 0 saturated carbocycles. The maximum Gasteiger partial charge on any atom is 0.243 e. The van der Waals surface area contributed by atoms with Gasteiger partial charge in [-0.15, -0.1) is 0 Å². The number of aryl methyl sites for hydroxylation is 2. The summed E-state index contributed by atoms with van der Waals surface area (Å²) in [4.78, 5) is 23.2. The number of amides is 2. The van der Waals surface area contributed by atoms with Crippen molar-refractivity contribution in [2.24, 2.45) is 0 Å². The third-order valence-electron chi connectivity index (χ3n) is 3.33. The second kappa shape index (κ2) is 7.84. The highest BCUT2D eigenvalue weighted by atomic mass is 35.5. The van der Waals surface area contributed by atoms with Crippen molar-refractivity contribution in [1.29, 1.82) is 0 Å². The van der Waals surface area contributed by atoms with Gasteiger partial charge in [0.1, 0.15) is 0 Å². The zero-order valence-corrected chi connectivity index (χ0v) is 14.6. The van der Waals surface area contributed by atoms with Gasteiger partial charge >= 0.3 is 0 Å². The number of nitrogens with one attached hydrogen (secondary N) is 3. The van der Waals surface area contributed by atoms with E-state index in [1.54, 1.807) is 18.2 Å². The number of hydrogen-bond donors (Lipinski definition) is 3. The van der Waals surface area contributed by atoms with E-state index in [1.165, 1.54) is 6.92 Å². The monoisotopic (exact) mass is 345 g/mol. The molecule has 2 rings (SSSR count). The number of carbonyl (C=O) groups excluding carboxylic acids is 2. The standard InChI is InChI=1S/C18H20ClN3O2/c1-11-7-12(2)18(16(19)8-11)22-17(24)10-20-14-5-4-6-15(9-14)21-13(3)23/h4-9,20H,10H2,1-3H3,(H,21,23)(H,22,24). The molecule has 0 bridgehead atoms. The van der Waals surface area contributed by atoms with Crippen molar-refractivity contribution in [2.75, 3.05) is 22.5 Å². The summed E-state index contributed by atoms with van der Waals surface area (Å²) in [7, 11) is 0. The Labute approximate surface area is 146 Å². The zero-order valence-electron chi connectivity index (χ0n) is 13.9. The first-order valence-electron chi connectivity index (χ1n) is 7.53. The Hall–Kier alpha value is -2.53. The SMILES string of the molecule is CC(=O)Nc1cccc(NCC(=O)Nc2c(C)cc(C)cc2Cl)c1. The van der Waals surface area contributed by atoms with Crippen molar-refractivity contribution in [3.8, 4) is 0 Å². The molecule has 0 saturated heterocycles. The normalized spacial score (nSPS) is 10.2. The summed E-state index contributed by atoms with van der Waals surface area (Å²) in [6.45, 7) is 5.39. The molecule has 6 heteroatoms.